The Bertz CT molecular complexity index is 463. The van der Waals surface area contributed by atoms with E-state index in [0.29, 0.717) is 25.3 Å². The van der Waals surface area contributed by atoms with E-state index >= 15 is 0 Å². The van der Waals surface area contributed by atoms with Gasteiger partial charge in [0.15, 0.2) is 0 Å². The molecule has 1 aromatic rings. The molecule has 0 unspecified atom stereocenters. The predicted molar refractivity (Wildman–Crippen MR) is 64.8 cm³/mol. The Kier molecular flexibility index (Phi) is 5.90. The van der Waals surface area contributed by atoms with Crippen LogP contribution in [0.5, 0.6) is 0 Å². The number of benzene rings is 1. The third kappa shape index (κ3) is 5.14. The molecule has 0 heterocycles. The zero-order valence-electron chi connectivity index (χ0n) is 10.7. The average Bonchev–Trinajstić information content (AvgIpc) is 2.36. The zero-order chi connectivity index (χ0) is 15.2. The lowest BCUT2D eigenvalue weighted by Gasteiger charge is -2.11. The van der Waals surface area contributed by atoms with Crippen LogP contribution >= 0.6 is 0 Å². The van der Waals surface area contributed by atoms with Crippen molar-refractivity contribution in [3.63, 3.8) is 0 Å². The van der Waals surface area contributed by atoms with Gasteiger partial charge in [-0.3, -0.25) is 4.79 Å². The van der Waals surface area contributed by atoms with Crippen LogP contribution in [0.1, 0.15) is 5.56 Å². The molecule has 8 heteroatoms. The molecule has 1 rings (SSSR count). The highest BCUT2D eigenvalue weighted by Crippen LogP contribution is 2.32. The van der Waals surface area contributed by atoms with Crippen molar-refractivity contribution in [2.45, 2.75) is 6.18 Å². The first-order chi connectivity index (χ1) is 9.34. The fourth-order valence-electron chi connectivity index (χ4n) is 1.40. The summed E-state index contributed by atoms with van der Waals surface area (Å²) in [7, 11) is 1.50. The number of alkyl halides is 3. The SMILES string of the molecule is COCCNCC(=O)Nc1ccc(F)c(C(F)(F)F)c1. The Balaban J connectivity index is 2.62. The molecule has 1 aromatic carbocycles. The summed E-state index contributed by atoms with van der Waals surface area (Å²) in [4.78, 5) is 11.4. The average molecular weight is 294 g/mol. The number of carbonyl (C=O) groups is 1. The summed E-state index contributed by atoms with van der Waals surface area (Å²) in [6.45, 7) is 0.755. The molecule has 0 radical (unpaired) electrons. The van der Waals surface area contributed by atoms with Crippen LogP contribution in [0.3, 0.4) is 0 Å². The topological polar surface area (TPSA) is 50.4 Å². The standard InChI is InChI=1S/C12H14F4N2O2/c1-20-5-4-17-7-11(19)18-8-2-3-10(13)9(6-8)12(14,15)16/h2-3,6,17H,4-5,7H2,1H3,(H,18,19). The Morgan fingerprint density at radius 1 is 1.35 bits per heavy atom. The molecule has 112 valence electrons. The number of ether oxygens (including phenoxy) is 1. The molecule has 0 saturated carbocycles. The van der Waals surface area contributed by atoms with Crippen molar-refractivity contribution in [3.8, 4) is 0 Å². The monoisotopic (exact) mass is 294 g/mol. The van der Waals surface area contributed by atoms with E-state index in [4.69, 9.17) is 4.74 Å². The maximum Gasteiger partial charge on any atom is 0.419 e. The summed E-state index contributed by atoms with van der Waals surface area (Å²) in [5.74, 6) is -1.91. The van der Waals surface area contributed by atoms with Gasteiger partial charge in [0, 0.05) is 19.3 Å². The number of rotatable bonds is 6. The number of hydrogen-bond acceptors (Lipinski definition) is 3. The molecule has 0 aromatic heterocycles. The number of halogens is 4. The van der Waals surface area contributed by atoms with Gasteiger partial charge in [0.25, 0.3) is 0 Å². The van der Waals surface area contributed by atoms with Crippen molar-refractivity contribution in [1.29, 1.82) is 0 Å². The molecular formula is C12H14F4N2O2. The first kappa shape index (κ1) is 16.4. The highest BCUT2D eigenvalue weighted by atomic mass is 19.4. The number of amides is 1. The maximum atomic E-state index is 13.0. The minimum Gasteiger partial charge on any atom is -0.383 e. The quantitative estimate of drug-likeness (QED) is 0.623. The van der Waals surface area contributed by atoms with E-state index in [2.05, 4.69) is 10.6 Å². The number of hydrogen-bond donors (Lipinski definition) is 2. The Hall–Kier alpha value is -1.67. The Morgan fingerprint density at radius 3 is 2.65 bits per heavy atom. The summed E-state index contributed by atoms with van der Waals surface area (Å²) in [5.41, 5.74) is -1.53. The van der Waals surface area contributed by atoms with E-state index in [1.165, 1.54) is 7.11 Å². The van der Waals surface area contributed by atoms with Crippen molar-refractivity contribution in [2.24, 2.45) is 0 Å². The molecule has 0 aliphatic carbocycles. The molecule has 2 N–H and O–H groups in total. The van der Waals surface area contributed by atoms with Gasteiger partial charge in [-0.25, -0.2) is 4.39 Å². The fourth-order valence-corrected chi connectivity index (χ4v) is 1.40. The zero-order valence-corrected chi connectivity index (χ0v) is 10.7. The Labute approximate surface area is 113 Å². The number of anilines is 1. The van der Waals surface area contributed by atoms with Gasteiger partial charge in [-0.15, -0.1) is 0 Å². The van der Waals surface area contributed by atoms with E-state index in [0.717, 1.165) is 6.07 Å². The molecule has 0 bridgehead atoms. The third-order valence-corrected chi connectivity index (χ3v) is 2.32. The second-order valence-electron chi connectivity index (χ2n) is 3.91. The van der Waals surface area contributed by atoms with Crippen LogP contribution in [0, 0.1) is 5.82 Å². The predicted octanol–water partition coefficient (Wildman–Crippen LogP) is 2.02. The van der Waals surface area contributed by atoms with Crippen LogP contribution in [0.2, 0.25) is 0 Å². The minimum atomic E-state index is -4.80. The molecule has 4 nitrogen and oxygen atoms in total. The van der Waals surface area contributed by atoms with E-state index in [1.54, 1.807) is 0 Å². The third-order valence-electron chi connectivity index (χ3n) is 2.32. The normalized spacial score (nSPS) is 11.4. The van der Waals surface area contributed by atoms with Gasteiger partial charge in [0.2, 0.25) is 5.91 Å². The van der Waals surface area contributed by atoms with Crippen LogP contribution in [0.4, 0.5) is 23.2 Å². The highest BCUT2D eigenvalue weighted by Gasteiger charge is 2.34. The van der Waals surface area contributed by atoms with Crippen LogP contribution in [0.25, 0.3) is 0 Å². The van der Waals surface area contributed by atoms with Gasteiger partial charge in [0.05, 0.1) is 18.7 Å². The molecule has 1 amide bonds. The van der Waals surface area contributed by atoms with Crippen molar-refractivity contribution in [2.75, 3.05) is 32.1 Å². The molecule has 0 spiro atoms. The van der Waals surface area contributed by atoms with E-state index < -0.39 is 23.5 Å². The maximum absolute atomic E-state index is 13.0. The second kappa shape index (κ2) is 7.20. The van der Waals surface area contributed by atoms with E-state index in [9.17, 15) is 22.4 Å². The minimum absolute atomic E-state index is 0.0813. The summed E-state index contributed by atoms with van der Waals surface area (Å²) >= 11 is 0. The largest absolute Gasteiger partial charge is 0.419 e. The van der Waals surface area contributed by atoms with Crippen LogP contribution in [-0.2, 0) is 15.7 Å². The molecule has 20 heavy (non-hydrogen) atoms. The van der Waals surface area contributed by atoms with Gasteiger partial charge in [0.1, 0.15) is 5.82 Å². The van der Waals surface area contributed by atoms with Crippen molar-refractivity contribution in [1.82, 2.24) is 5.32 Å². The lowest BCUT2D eigenvalue weighted by molar-refractivity contribution is -0.140. The van der Waals surface area contributed by atoms with Crippen molar-refractivity contribution >= 4 is 11.6 Å². The van der Waals surface area contributed by atoms with Gasteiger partial charge >= 0.3 is 6.18 Å². The molecule has 0 fully saturated rings. The summed E-state index contributed by atoms with van der Waals surface area (Å²) in [6.07, 6.45) is -4.80. The van der Waals surface area contributed by atoms with E-state index in [1.807, 2.05) is 0 Å². The molecule has 0 saturated heterocycles. The van der Waals surface area contributed by atoms with Gasteiger partial charge in [-0.05, 0) is 18.2 Å². The summed E-state index contributed by atoms with van der Waals surface area (Å²) in [6, 6.07) is 2.29. The van der Waals surface area contributed by atoms with Gasteiger partial charge < -0.3 is 15.4 Å². The first-order valence-corrected chi connectivity index (χ1v) is 5.71. The molecule has 0 aliphatic heterocycles. The first-order valence-electron chi connectivity index (χ1n) is 5.71. The Morgan fingerprint density at radius 2 is 2.05 bits per heavy atom. The fraction of sp³-hybridized carbons (Fsp3) is 0.417. The molecule has 0 atom stereocenters. The molecule has 0 aliphatic rings. The second-order valence-corrected chi connectivity index (χ2v) is 3.91. The van der Waals surface area contributed by atoms with Crippen molar-refractivity contribution < 1.29 is 27.1 Å². The van der Waals surface area contributed by atoms with E-state index in [-0.39, 0.29) is 12.2 Å². The van der Waals surface area contributed by atoms with Gasteiger partial charge in [-0.1, -0.05) is 0 Å². The molecular weight excluding hydrogens is 280 g/mol. The lowest BCUT2D eigenvalue weighted by Crippen LogP contribution is -2.30. The van der Waals surface area contributed by atoms with Crippen molar-refractivity contribution in [3.05, 3.63) is 29.6 Å². The number of carbonyl (C=O) groups excluding carboxylic acids is 1. The smallest absolute Gasteiger partial charge is 0.383 e. The van der Waals surface area contributed by atoms with Crippen LogP contribution in [0.15, 0.2) is 18.2 Å². The lowest BCUT2D eigenvalue weighted by atomic mass is 10.2. The highest BCUT2D eigenvalue weighted by molar-refractivity contribution is 5.92. The summed E-state index contributed by atoms with van der Waals surface area (Å²) < 4.78 is 55.2. The summed E-state index contributed by atoms with van der Waals surface area (Å²) in [5, 5.41) is 4.98. The number of methoxy groups -OCH3 is 1. The number of nitrogens with one attached hydrogen (secondary N) is 2. The van der Waals surface area contributed by atoms with Gasteiger partial charge in [-0.2, -0.15) is 13.2 Å². The van der Waals surface area contributed by atoms with Crippen LogP contribution < -0.4 is 10.6 Å². The van der Waals surface area contributed by atoms with Crippen LogP contribution in [-0.4, -0.2) is 32.7 Å².